The third kappa shape index (κ3) is 2.80. The van der Waals surface area contributed by atoms with Crippen molar-refractivity contribution in [2.75, 3.05) is 13.1 Å². The molecular formula is C21H18FN5O. The highest BCUT2D eigenvalue weighted by molar-refractivity contribution is 5.74. The zero-order valence-electron chi connectivity index (χ0n) is 15.2. The van der Waals surface area contributed by atoms with Gasteiger partial charge in [0.2, 0.25) is 0 Å². The van der Waals surface area contributed by atoms with Crippen LogP contribution in [0.2, 0.25) is 0 Å². The van der Waals surface area contributed by atoms with Crippen LogP contribution in [0.25, 0.3) is 28.0 Å². The van der Waals surface area contributed by atoms with Gasteiger partial charge in [-0.15, -0.1) is 0 Å². The van der Waals surface area contributed by atoms with Gasteiger partial charge in [0, 0.05) is 42.5 Å². The Labute approximate surface area is 160 Å². The van der Waals surface area contributed by atoms with Crippen LogP contribution >= 0.6 is 0 Å². The Morgan fingerprint density at radius 2 is 1.93 bits per heavy atom. The lowest BCUT2D eigenvalue weighted by Gasteiger charge is -2.25. The van der Waals surface area contributed by atoms with Crippen molar-refractivity contribution in [1.82, 2.24) is 24.9 Å². The van der Waals surface area contributed by atoms with E-state index in [4.69, 9.17) is 0 Å². The molecule has 28 heavy (non-hydrogen) atoms. The van der Waals surface area contributed by atoms with Crippen molar-refractivity contribution < 1.29 is 9.50 Å². The third-order valence-electron chi connectivity index (χ3n) is 5.12. The lowest BCUT2D eigenvalue weighted by molar-refractivity contribution is 0.436. The molecule has 1 aliphatic rings. The second-order valence-electron chi connectivity index (χ2n) is 7.12. The summed E-state index contributed by atoms with van der Waals surface area (Å²) in [5.74, 6) is 0.0856. The van der Waals surface area contributed by atoms with E-state index in [9.17, 15) is 9.50 Å². The molecule has 1 aromatic carbocycles. The molecule has 0 saturated carbocycles. The minimum atomic E-state index is -0.402. The second kappa shape index (κ2) is 6.38. The van der Waals surface area contributed by atoms with Crippen LogP contribution in [0.5, 0.6) is 5.75 Å². The highest BCUT2D eigenvalue weighted by atomic mass is 19.1. The number of aryl methyl sites for hydroxylation is 1. The topological polar surface area (TPSA) is 75.3 Å². The van der Waals surface area contributed by atoms with Crippen molar-refractivity contribution in [1.29, 1.82) is 0 Å². The van der Waals surface area contributed by atoms with Gasteiger partial charge in [-0.05, 0) is 42.8 Å². The fraction of sp³-hybridized carbons (Fsp3) is 0.190. The Morgan fingerprint density at radius 3 is 2.61 bits per heavy atom. The largest absolute Gasteiger partial charge is 0.507 e. The number of hydrogen-bond acceptors (Lipinski definition) is 5. The number of nitrogens with one attached hydrogen (secondary N) is 1. The molecule has 0 amide bonds. The number of halogens is 1. The van der Waals surface area contributed by atoms with Crippen LogP contribution < -0.4 is 5.32 Å². The molecule has 3 aromatic heterocycles. The molecule has 4 aromatic rings. The van der Waals surface area contributed by atoms with Crippen molar-refractivity contribution in [2.45, 2.75) is 12.8 Å². The number of imidazole rings is 1. The summed E-state index contributed by atoms with van der Waals surface area (Å²) in [6.45, 7) is 3.66. The number of nitrogens with zero attached hydrogens (tertiary/aromatic N) is 4. The second-order valence-corrected chi connectivity index (χ2v) is 7.12. The molecule has 2 N–H and O–H groups in total. The van der Waals surface area contributed by atoms with Gasteiger partial charge in [0.1, 0.15) is 5.75 Å². The monoisotopic (exact) mass is 375 g/mol. The van der Waals surface area contributed by atoms with Crippen molar-refractivity contribution >= 4 is 5.65 Å². The summed E-state index contributed by atoms with van der Waals surface area (Å²) in [4.78, 5) is 4.17. The molecule has 5 rings (SSSR count). The van der Waals surface area contributed by atoms with Crippen LogP contribution in [0.1, 0.15) is 17.3 Å². The van der Waals surface area contributed by atoms with Crippen molar-refractivity contribution in [3.63, 3.8) is 0 Å². The first-order valence-electron chi connectivity index (χ1n) is 9.11. The molecular weight excluding hydrogens is 357 g/mol. The van der Waals surface area contributed by atoms with Crippen LogP contribution in [-0.2, 0) is 0 Å². The summed E-state index contributed by atoms with van der Waals surface area (Å²) in [6, 6.07) is 10.5. The zero-order chi connectivity index (χ0) is 19.3. The standard InChI is InChI=1S/C21H18FN5O/c1-12-10-27-11-14(6-17(22)21(27)24-12)13-2-3-16(20(28)7-13)19-5-4-18(25-26-19)15-8-23-9-15/h2-7,10-11,15,23,28H,8-9H2,1H3. The predicted molar refractivity (Wildman–Crippen MR) is 104 cm³/mol. The van der Waals surface area contributed by atoms with E-state index in [0.29, 0.717) is 33.9 Å². The minimum Gasteiger partial charge on any atom is -0.507 e. The molecule has 0 radical (unpaired) electrons. The van der Waals surface area contributed by atoms with E-state index in [1.54, 1.807) is 28.9 Å². The number of aromatic nitrogens is 4. The summed E-state index contributed by atoms with van der Waals surface area (Å²) in [6.07, 6.45) is 3.57. The van der Waals surface area contributed by atoms with E-state index in [2.05, 4.69) is 20.5 Å². The lowest BCUT2D eigenvalue weighted by Crippen LogP contribution is -2.40. The smallest absolute Gasteiger partial charge is 0.173 e. The predicted octanol–water partition coefficient (Wildman–Crippen LogP) is 3.30. The highest BCUT2D eigenvalue weighted by Crippen LogP contribution is 2.33. The van der Waals surface area contributed by atoms with Gasteiger partial charge in [-0.2, -0.15) is 10.2 Å². The number of pyridine rings is 1. The SMILES string of the molecule is Cc1cn2cc(-c3ccc(-c4ccc(C5CNC5)nn4)c(O)c3)cc(F)c2n1. The Hall–Kier alpha value is -3.32. The van der Waals surface area contributed by atoms with E-state index >= 15 is 0 Å². The first-order chi connectivity index (χ1) is 13.6. The van der Waals surface area contributed by atoms with Gasteiger partial charge in [-0.25, -0.2) is 9.37 Å². The molecule has 1 aliphatic heterocycles. The molecule has 6 nitrogen and oxygen atoms in total. The normalized spacial score (nSPS) is 14.4. The van der Waals surface area contributed by atoms with E-state index in [1.165, 1.54) is 6.07 Å². The van der Waals surface area contributed by atoms with Gasteiger partial charge in [0.25, 0.3) is 0 Å². The van der Waals surface area contributed by atoms with Crippen LogP contribution in [0.4, 0.5) is 4.39 Å². The summed E-state index contributed by atoms with van der Waals surface area (Å²) in [5.41, 5.74) is 4.55. The van der Waals surface area contributed by atoms with Crippen LogP contribution in [0, 0.1) is 12.7 Å². The maximum absolute atomic E-state index is 14.4. The first kappa shape index (κ1) is 16.8. The number of phenolic OH excluding ortho intramolecular Hbond substituents is 1. The van der Waals surface area contributed by atoms with E-state index in [0.717, 1.165) is 24.5 Å². The van der Waals surface area contributed by atoms with Gasteiger partial charge in [-0.3, -0.25) is 0 Å². The number of phenols is 1. The molecule has 0 unspecified atom stereocenters. The maximum Gasteiger partial charge on any atom is 0.173 e. The molecule has 0 atom stereocenters. The summed E-state index contributed by atoms with van der Waals surface area (Å²) < 4.78 is 16.0. The Bertz CT molecular complexity index is 1180. The zero-order valence-corrected chi connectivity index (χ0v) is 15.2. The average molecular weight is 375 g/mol. The fourth-order valence-electron chi connectivity index (χ4n) is 3.47. The third-order valence-corrected chi connectivity index (χ3v) is 5.12. The summed E-state index contributed by atoms with van der Waals surface area (Å²) in [5, 5.41) is 22.3. The van der Waals surface area contributed by atoms with Gasteiger partial charge >= 0.3 is 0 Å². The van der Waals surface area contributed by atoms with Crippen molar-refractivity contribution in [3.05, 3.63) is 66.0 Å². The number of aromatic hydroxyl groups is 1. The molecule has 1 fully saturated rings. The summed E-state index contributed by atoms with van der Waals surface area (Å²) in [7, 11) is 0. The number of hydrogen-bond donors (Lipinski definition) is 2. The number of fused-ring (bicyclic) bond motifs is 1. The summed E-state index contributed by atoms with van der Waals surface area (Å²) >= 11 is 0. The minimum absolute atomic E-state index is 0.0761. The Morgan fingerprint density at radius 1 is 1.07 bits per heavy atom. The van der Waals surface area contributed by atoms with Gasteiger partial charge < -0.3 is 14.8 Å². The average Bonchev–Trinajstić information content (AvgIpc) is 3.02. The molecule has 4 heterocycles. The molecule has 7 heteroatoms. The van der Waals surface area contributed by atoms with Gasteiger partial charge in [0.05, 0.1) is 17.1 Å². The number of benzene rings is 1. The van der Waals surface area contributed by atoms with Crippen LogP contribution in [-0.4, -0.2) is 37.8 Å². The molecule has 1 saturated heterocycles. The van der Waals surface area contributed by atoms with Crippen LogP contribution in [0.15, 0.2) is 48.8 Å². The van der Waals surface area contributed by atoms with Crippen molar-refractivity contribution in [2.24, 2.45) is 0 Å². The van der Waals surface area contributed by atoms with E-state index in [1.807, 2.05) is 25.1 Å². The van der Waals surface area contributed by atoms with Gasteiger partial charge in [-0.1, -0.05) is 6.07 Å². The van der Waals surface area contributed by atoms with Crippen LogP contribution in [0.3, 0.4) is 0 Å². The first-order valence-corrected chi connectivity index (χ1v) is 9.11. The van der Waals surface area contributed by atoms with Crippen molar-refractivity contribution in [3.8, 4) is 28.1 Å². The molecule has 0 spiro atoms. The van der Waals surface area contributed by atoms with E-state index < -0.39 is 5.82 Å². The highest BCUT2D eigenvalue weighted by Gasteiger charge is 2.21. The fourth-order valence-corrected chi connectivity index (χ4v) is 3.47. The molecule has 0 bridgehead atoms. The number of rotatable bonds is 3. The Kier molecular flexibility index (Phi) is 3.84. The Balaban J connectivity index is 1.49. The quantitative estimate of drug-likeness (QED) is 0.575. The lowest BCUT2D eigenvalue weighted by atomic mass is 9.98. The van der Waals surface area contributed by atoms with E-state index in [-0.39, 0.29) is 5.75 Å². The van der Waals surface area contributed by atoms with Gasteiger partial charge in [0.15, 0.2) is 11.5 Å². The maximum atomic E-state index is 14.4. The molecule has 0 aliphatic carbocycles. The molecule has 140 valence electrons.